The maximum Gasteiger partial charge on any atom is 0.233 e. The first kappa shape index (κ1) is 13.2. The van der Waals surface area contributed by atoms with E-state index in [-0.39, 0.29) is 5.91 Å². The van der Waals surface area contributed by atoms with E-state index in [1.807, 2.05) is 49.4 Å². The third kappa shape index (κ3) is 2.31. The molecule has 1 heterocycles. The molecule has 2 aromatic rings. The van der Waals surface area contributed by atoms with E-state index in [0.29, 0.717) is 13.0 Å². The second-order valence-corrected chi connectivity index (χ2v) is 5.73. The molecule has 0 radical (unpaired) electrons. The van der Waals surface area contributed by atoms with Gasteiger partial charge in [0.15, 0.2) is 0 Å². The molecule has 0 saturated carbocycles. The topological polar surface area (TPSA) is 32.3 Å². The van der Waals surface area contributed by atoms with Crippen LogP contribution in [0.5, 0.6) is 0 Å². The predicted molar refractivity (Wildman–Crippen MR) is 85.6 cm³/mol. The number of carbonyl (C=O) groups is 1. The smallest absolute Gasteiger partial charge is 0.233 e. The number of anilines is 3. The summed E-state index contributed by atoms with van der Waals surface area (Å²) in [4.78, 5) is 14.3. The molecule has 0 bridgehead atoms. The number of amides is 1. The van der Waals surface area contributed by atoms with Crippen LogP contribution in [0.1, 0.15) is 12.0 Å². The minimum absolute atomic E-state index is 0.104. The van der Waals surface area contributed by atoms with Crippen LogP contribution in [0.15, 0.2) is 46.9 Å². The molecule has 2 aromatic carbocycles. The van der Waals surface area contributed by atoms with E-state index in [9.17, 15) is 4.79 Å². The first-order valence-electron chi connectivity index (χ1n) is 6.59. The van der Waals surface area contributed by atoms with Gasteiger partial charge in [-0.1, -0.05) is 18.2 Å². The Morgan fingerprint density at radius 2 is 1.95 bits per heavy atom. The van der Waals surface area contributed by atoms with Crippen LogP contribution < -0.4 is 10.2 Å². The standard InChI is InChI=1S/C16H15BrN2O/c1-11-6-7-14(12(17)10-11)19-15-5-3-2-4-13(15)18-9-8-16(19)20/h2-7,10,18H,8-9H2,1H3. The fourth-order valence-corrected chi connectivity index (χ4v) is 3.10. The summed E-state index contributed by atoms with van der Waals surface area (Å²) in [5.74, 6) is 0.104. The largest absolute Gasteiger partial charge is 0.383 e. The van der Waals surface area contributed by atoms with E-state index >= 15 is 0 Å². The van der Waals surface area contributed by atoms with E-state index < -0.39 is 0 Å². The fraction of sp³-hybridized carbons (Fsp3) is 0.188. The van der Waals surface area contributed by atoms with Gasteiger partial charge < -0.3 is 5.32 Å². The maximum absolute atomic E-state index is 12.5. The normalized spacial score (nSPS) is 14.5. The van der Waals surface area contributed by atoms with E-state index in [4.69, 9.17) is 0 Å². The molecule has 0 unspecified atom stereocenters. The van der Waals surface area contributed by atoms with Gasteiger partial charge in [0.05, 0.1) is 17.1 Å². The van der Waals surface area contributed by atoms with Crippen molar-refractivity contribution in [3.8, 4) is 0 Å². The first-order chi connectivity index (χ1) is 9.66. The second-order valence-electron chi connectivity index (χ2n) is 4.88. The Kier molecular flexibility index (Phi) is 3.49. The lowest BCUT2D eigenvalue weighted by molar-refractivity contribution is -0.117. The van der Waals surface area contributed by atoms with Gasteiger partial charge in [-0.15, -0.1) is 0 Å². The summed E-state index contributed by atoms with van der Waals surface area (Å²) in [6.07, 6.45) is 0.481. The molecule has 102 valence electrons. The Hall–Kier alpha value is -1.81. The quantitative estimate of drug-likeness (QED) is 0.848. The lowest BCUT2D eigenvalue weighted by atomic mass is 10.1. The van der Waals surface area contributed by atoms with Crippen molar-refractivity contribution >= 4 is 38.9 Å². The van der Waals surface area contributed by atoms with Crippen LogP contribution in [-0.2, 0) is 4.79 Å². The van der Waals surface area contributed by atoms with E-state index in [1.54, 1.807) is 4.90 Å². The maximum atomic E-state index is 12.5. The number of aryl methyl sites for hydroxylation is 1. The van der Waals surface area contributed by atoms with E-state index in [2.05, 4.69) is 21.2 Å². The van der Waals surface area contributed by atoms with Crippen LogP contribution in [0.25, 0.3) is 0 Å². The number of hydrogen-bond acceptors (Lipinski definition) is 2. The highest BCUT2D eigenvalue weighted by molar-refractivity contribution is 9.10. The lowest BCUT2D eigenvalue weighted by Gasteiger charge is -2.24. The van der Waals surface area contributed by atoms with Gasteiger partial charge in [0.1, 0.15) is 0 Å². The SMILES string of the molecule is Cc1ccc(N2C(=O)CCNc3ccccc32)c(Br)c1. The minimum atomic E-state index is 0.104. The molecule has 4 heteroatoms. The van der Waals surface area contributed by atoms with Crippen LogP contribution in [0.4, 0.5) is 17.1 Å². The Bertz CT molecular complexity index is 669. The molecule has 0 spiro atoms. The van der Waals surface area contributed by atoms with Gasteiger partial charge in [-0.25, -0.2) is 0 Å². The van der Waals surface area contributed by atoms with Crippen molar-refractivity contribution in [2.45, 2.75) is 13.3 Å². The van der Waals surface area contributed by atoms with Crippen molar-refractivity contribution in [1.82, 2.24) is 0 Å². The van der Waals surface area contributed by atoms with Crippen molar-refractivity contribution < 1.29 is 4.79 Å². The van der Waals surface area contributed by atoms with Crippen molar-refractivity contribution in [1.29, 1.82) is 0 Å². The van der Waals surface area contributed by atoms with Crippen LogP contribution in [0.3, 0.4) is 0 Å². The van der Waals surface area contributed by atoms with Crippen molar-refractivity contribution in [3.63, 3.8) is 0 Å². The number of nitrogens with zero attached hydrogens (tertiary/aromatic N) is 1. The number of benzene rings is 2. The molecule has 0 fully saturated rings. The summed E-state index contributed by atoms with van der Waals surface area (Å²) in [6, 6.07) is 13.9. The summed E-state index contributed by atoms with van der Waals surface area (Å²) in [6.45, 7) is 2.70. The number of carbonyl (C=O) groups excluding carboxylic acids is 1. The number of nitrogens with one attached hydrogen (secondary N) is 1. The zero-order chi connectivity index (χ0) is 14.1. The molecule has 3 nitrogen and oxygen atoms in total. The van der Waals surface area contributed by atoms with E-state index in [1.165, 1.54) is 0 Å². The Morgan fingerprint density at radius 1 is 1.15 bits per heavy atom. The highest BCUT2D eigenvalue weighted by Gasteiger charge is 2.24. The Balaban J connectivity index is 2.17. The molecule has 3 rings (SSSR count). The molecule has 0 saturated heterocycles. The zero-order valence-electron chi connectivity index (χ0n) is 11.2. The van der Waals surface area contributed by atoms with Gasteiger partial charge >= 0.3 is 0 Å². The van der Waals surface area contributed by atoms with Gasteiger partial charge in [-0.3, -0.25) is 9.69 Å². The summed E-state index contributed by atoms with van der Waals surface area (Å²) in [5.41, 5.74) is 3.94. The van der Waals surface area contributed by atoms with Crippen molar-refractivity contribution in [3.05, 3.63) is 52.5 Å². The first-order valence-corrected chi connectivity index (χ1v) is 7.38. The summed E-state index contributed by atoms with van der Waals surface area (Å²) < 4.78 is 0.933. The lowest BCUT2D eigenvalue weighted by Crippen LogP contribution is -2.25. The van der Waals surface area contributed by atoms with Crippen LogP contribution in [0, 0.1) is 6.92 Å². The highest BCUT2D eigenvalue weighted by Crippen LogP contribution is 2.38. The number of rotatable bonds is 1. The van der Waals surface area contributed by atoms with Gasteiger partial charge in [-0.2, -0.15) is 0 Å². The molecule has 1 amide bonds. The Morgan fingerprint density at radius 3 is 2.75 bits per heavy atom. The third-order valence-corrected chi connectivity index (χ3v) is 4.03. The van der Waals surface area contributed by atoms with Crippen LogP contribution >= 0.6 is 15.9 Å². The molecule has 1 aliphatic heterocycles. The number of para-hydroxylation sites is 2. The molecule has 1 N–H and O–H groups in total. The van der Waals surface area contributed by atoms with Gasteiger partial charge in [-0.05, 0) is 52.7 Å². The van der Waals surface area contributed by atoms with Crippen LogP contribution in [0.2, 0.25) is 0 Å². The Labute approximate surface area is 126 Å². The zero-order valence-corrected chi connectivity index (χ0v) is 12.8. The average molecular weight is 331 g/mol. The van der Waals surface area contributed by atoms with Gasteiger partial charge in [0.25, 0.3) is 0 Å². The number of hydrogen-bond donors (Lipinski definition) is 1. The summed E-state index contributed by atoms with van der Waals surface area (Å²) in [5, 5.41) is 3.31. The minimum Gasteiger partial charge on any atom is -0.383 e. The molecule has 0 aromatic heterocycles. The average Bonchev–Trinajstić information content (AvgIpc) is 2.58. The molecule has 0 aliphatic carbocycles. The van der Waals surface area contributed by atoms with Crippen molar-refractivity contribution in [2.75, 3.05) is 16.8 Å². The van der Waals surface area contributed by atoms with Crippen molar-refractivity contribution in [2.24, 2.45) is 0 Å². The number of halogens is 1. The van der Waals surface area contributed by atoms with Gasteiger partial charge in [0.2, 0.25) is 5.91 Å². The van der Waals surface area contributed by atoms with Gasteiger partial charge in [0, 0.05) is 17.4 Å². The molecular weight excluding hydrogens is 316 g/mol. The van der Waals surface area contributed by atoms with Crippen LogP contribution in [-0.4, -0.2) is 12.5 Å². The monoisotopic (exact) mass is 330 g/mol. The second kappa shape index (κ2) is 5.29. The highest BCUT2D eigenvalue weighted by atomic mass is 79.9. The van der Waals surface area contributed by atoms with E-state index in [0.717, 1.165) is 27.1 Å². The summed E-state index contributed by atoms with van der Waals surface area (Å²) in [7, 11) is 0. The summed E-state index contributed by atoms with van der Waals surface area (Å²) >= 11 is 3.57. The molecule has 20 heavy (non-hydrogen) atoms. The predicted octanol–water partition coefficient (Wildman–Crippen LogP) is 4.24. The fourth-order valence-electron chi connectivity index (χ4n) is 2.43. The third-order valence-electron chi connectivity index (χ3n) is 3.39. The molecular formula is C16H15BrN2O. The molecule has 1 aliphatic rings. The molecule has 0 atom stereocenters. The number of fused-ring (bicyclic) bond motifs is 1.